The first-order valence-corrected chi connectivity index (χ1v) is 11.9. The van der Waals surface area contributed by atoms with Crippen LogP contribution in [0, 0.1) is 0 Å². The molecule has 2 aromatic rings. The summed E-state index contributed by atoms with van der Waals surface area (Å²) >= 11 is 0. The Kier molecular flexibility index (Phi) is 4.16. The molecule has 1 aliphatic heterocycles. The van der Waals surface area contributed by atoms with E-state index in [2.05, 4.69) is 5.32 Å². The molecular weight excluding hydrogens is 407 g/mol. The zero-order valence-electron chi connectivity index (χ0n) is 16.9. The molecule has 1 aromatic carbocycles. The number of nitrogens with zero attached hydrogens (tertiary/aromatic N) is 1. The van der Waals surface area contributed by atoms with Crippen LogP contribution < -0.4 is 9.62 Å². The number of hydrogen-bond acceptors (Lipinski definition) is 4. The normalized spacial score (nSPS) is 22.2. The number of halogens is 1. The molecule has 1 aromatic heterocycles. The maximum Gasteiger partial charge on any atom is 0.255 e. The van der Waals surface area contributed by atoms with Crippen LogP contribution in [-0.2, 0) is 15.4 Å². The molecule has 5 rings (SSSR count). The Bertz CT molecular complexity index is 1240. The van der Waals surface area contributed by atoms with Crippen LogP contribution in [0.15, 0.2) is 40.6 Å². The van der Waals surface area contributed by atoms with E-state index in [9.17, 15) is 17.6 Å². The Morgan fingerprint density at radius 2 is 2.07 bits per heavy atom. The molecule has 1 amide bonds. The summed E-state index contributed by atoms with van der Waals surface area (Å²) in [6.45, 7) is 0.447. The predicted octanol–water partition coefficient (Wildman–Crippen LogP) is 3.89. The van der Waals surface area contributed by atoms with Gasteiger partial charge < -0.3 is 9.73 Å². The monoisotopic (exact) mass is 430 g/mol. The smallest absolute Gasteiger partial charge is 0.255 e. The molecule has 0 saturated heterocycles. The number of nitrogens with one attached hydrogen (secondary N) is 1. The predicted molar refractivity (Wildman–Crippen MR) is 113 cm³/mol. The summed E-state index contributed by atoms with van der Waals surface area (Å²) in [4.78, 5) is 12.8. The van der Waals surface area contributed by atoms with E-state index in [0.717, 1.165) is 24.8 Å². The van der Waals surface area contributed by atoms with Gasteiger partial charge in [0.25, 0.3) is 5.91 Å². The second kappa shape index (κ2) is 6.44. The summed E-state index contributed by atoms with van der Waals surface area (Å²) in [5.74, 6) is -0.365. The molecule has 1 spiro atoms. The van der Waals surface area contributed by atoms with Gasteiger partial charge >= 0.3 is 0 Å². The number of carbonyl (C=O) groups excluding carboxylic acids is 1. The van der Waals surface area contributed by atoms with E-state index in [1.807, 2.05) is 6.07 Å². The van der Waals surface area contributed by atoms with Crippen molar-refractivity contribution in [2.45, 2.75) is 37.0 Å². The quantitative estimate of drug-likeness (QED) is 0.801. The molecular formula is C22H23FN2O4S. The van der Waals surface area contributed by atoms with Crippen molar-refractivity contribution in [3.05, 3.63) is 53.1 Å². The lowest BCUT2D eigenvalue weighted by Crippen LogP contribution is -2.38. The highest BCUT2D eigenvalue weighted by Crippen LogP contribution is 2.57. The number of allylic oxidation sites excluding steroid dienone is 4. The van der Waals surface area contributed by atoms with E-state index in [0.29, 0.717) is 40.9 Å². The number of carbonyl (C=O) groups is 1. The molecule has 2 aliphatic carbocycles. The van der Waals surface area contributed by atoms with Crippen molar-refractivity contribution in [1.82, 2.24) is 5.32 Å². The van der Waals surface area contributed by atoms with Crippen molar-refractivity contribution < 1.29 is 22.0 Å². The van der Waals surface area contributed by atoms with Gasteiger partial charge in [-0.15, -0.1) is 0 Å². The maximum atomic E-state index is 13.5. The number of anilines is 1. The van der Waals surface area contributed by atoms with Crippen molar-refractivity contribution in [1.29, 1.82) is 0 Å². The van der Waals surface area contributed by atoms with Crippen molar-refractivity contribution in [3.63, 3.8) is 0 Å². The highest BCUT2D eigenvalue weighted by Gasteiger charge is 2.50. The van der Waals surface area contributed by atoms with Crippen molar-refractivity contribution >= 4 is 32.6 Å². The molecule has 8 heteroatoms. The molecule has 6 nitrogen and oxygen atoms in total. The first-order valence-electron chi connectivity index (χ1n) is 10.1. The van der Waals surface area contributed by atoms with Gasteiger partial charge in [-0.05, 0) is 54.9 Å². The van der Waals surface area contributed by atoms with E-state index >= 15 is 0 Å². The summed E-state index contributed by atoms with van der Waals surface area (Å²) in [5.41, 5.74) is 2.50. The van der Waals surface area contributed by atoms with E-state index < -0.39 is 10.0 Å². The fourth-order valence-electron chi connectivity index (χ4n) is 4.78. The molecule has 3 aliphatic rings. The summed E-state index contributed by atoms with van der Waals surface area (Å²) in [6, 6.07) is 3.69. The first-order chi connectivity index (χ1) is 14.2. The van der Waals surface area contributed by atoms with E-state index in [-0.39, 0.29) is 23.1 Å². The molecule has 1 N–H and O–H groups in total. The molecule has 0 radical (unpaired) electrons. The minimum Gasteiger partial charge on any atom is -0.459 e. The number of furan rings is 1. The second-order valence-corrected chi connectivity index (χ2v) is 10.3. The zero-order valence-corrected chi connectivity index (χ0v) is 17.7. The van der Waals surface area contributed by atoms with E-state index in [4.69, 9.17) is 4.42 Å². The van der Waals surface area contributed by atoms with Gasteiger partial charge in [0.1, 0.15) is 17.2 Å². The number of fused-ring (bicyclic) bond motifs is 3. The fraction of sp³-hybridized carbons (Fsp3) is 0.409. The molecule has 0 bridgehead atoms. The Morgan fingerprint density at radius 3 is 2.67 bits per heavy atom. The summed E-state index contributed by atoms with van der Waals surface area (Å²) < 4.78 is 45.8. The third-order valence-electron chi connectivity index (χ3n) is 6.57. The first kappa shape index (κ1) is 19.4. The molecule has 1 fully saturated rings. The molecule has 2 heterocycles. The lowest BCUT2D eigenvalue weighted by atomic mass is 9.86. The largest absolute Gasteiger partial charge is 0.459 e. The van der Waals surface area contributed by atoms with E-state index in [1.165, 1.54) is 22.7 Å². The summed E-state index contributed by atoms with van der Waals surface area (Å²) in [7, 11) is -1.87. The highest BCUT2D eigenvalue weighted by molar-refractivity contribution is 7.92. The molecule has 1 saturated carbocycles. The summed E-state index contributed by atoms with van der Waals surface area (Å²) in [6.07, 6.45) is 8.95. The average molecular weight is 431 g/mol. The topological polar surface area (TPSA) is 79.6 Å². The number of sulfonamides is 1. The van der Waals surface area contributed by atoms with Gasteiger partial charge in [0.15, 0.2) is 0 Å². The third kappa shape index (κ3) is 2.88. The summed E-state index contributed by atoms with van der Waals surface area (Å²) in [5, 5.41) is 3.35. The van der Waals surface area contributed by atoms with Gasteiger partial charge in [0.2, 0.25) is 10.0 Å². The fourth-order valence-corrected chi connectivity index (χ4v) is 5.71. The van der Waals surface area contributed by atoms with Gasteiger partial charge in [0, 0.05) is 31.0 Å². The van der Waals surface area contributed by atoms with Crippen molar-refractivity contribution in [2.75, 3.05) is 24.2 Å². The van der Waals surface area contributed by atoms with Crippen LogP contribution in [0.4, 0.5) is 10.1 Å². The van der Waals surface area contributed by atoms with Crippen LogP contribution in [0.3, 0.4) is 0 Å². The minimum atomic E-state index is -3.43. The van der Waals surface area contributed by atoms with Crippen LogP contribution in [0.1, 0.15) is 53.3 Å². The van der Waals surface area contributed by atoms with Gasteiger partial charge in [0.05, 0.1) is 17.5 Å². The van der Waals surface area contributed by atoms with E-state index in [1.54, 1.807) is 19.2 Å². The number of hydrogen-bond donors (Lipinski definition) is 1. The zero-order chi connectivity index (χ0) is 21.3. The lowest BCUT2D eigenvalue weighted by Gasteiger charge is -2.34. The third-order valence-corrected chi connectivity index (χ3v) is 7.75. The molecule has 1 atom stereocenters. The minimum absolute atomic E-state index is 0.0152. The Morgan fingerprint density at radius 1 is 1.30 bits per heavy atom. The van der Waals surface area contributed by atoms with Crippen LogP contribution in [0.25, 0.3) is 11.0 Å². The van der Waals surface area contributed by atoms with Crippen molar-refractivity contribution in [3.8, 4) is 0 Å². The highest BCUT2D eigenvalue weighted by atomic mass is 32.2. The van der Waals surface area contributed by atoms with Gasteiger partial charge in [-0.1, -0.05) is 6.08 Å². The van der Waals surface area contributed by atoms with Crippen LogP contribution in [0.2, 0.25) is 0 Å². The Labute approximate surface area is 174 Å². The molecule has 30 heavy (non-hydrogen) atoms. The number of amides is 1. The second-order valence-electron chi connectivity index (χ2n) is 8.44. The van der Waals surface area contributed by atoms with Gasteiger partial charge in [-0.2, -0.15) is 0 Å². The van der Waals surface area contributed by atoms with Crippen LogP contribution in [-0.4, -0.2) is 34.2 Å². The van der Waals surface area contributed by atoms with Gasteiger partial charge in [-0.25, -0.2) is 12.8 Å². The van der Waals surface area contributed by atoms with Crippen molar-refractivity contribution in [2.24, 2.45) is 0 Å². The average Bonchev–Trinajstić information content (AvgIpc) is 3.38. The standard InChI is InChI=1S/C22H23FN2O4S/c1-24-21(26)19-15-11-16-17(25(30(2,27)28)10-9-22(16)7-8-22)12-18(15)29-20(19)13-3-5-14(23)6-4-13/h3,5-6,11-13H,4,7-10H2,1-2H3,(H,24,26). The van der Waals surface area contributed by atoms with Crippen LogP contribution >= 0.6 is 0 Å². The maximum absolute atomic E-state index is 13.5. The number of rotatable bonds is 3. The Hall–Kier alpha value is -2.61. The Balaban J connectivity index is 1.75. The SMILES string of the molecule is CNC(=O)c1c(C2C=CC(F)=CC2)oc2cc3c(cc12)C1(CCN3S(C)(=O)=O)CC1. The molecule has 1 unspecified atom stereocenters. The lowest BCUT2D eigenvalue weighted by molar-refractivity contribution is 0.0962. The molecule has 158 valence electrons. The van der Waals surface area contributed by atoms with Crippen LogP contribution in [0.5, 0.6) is 0 Å². The van der Waals surface area contributed by atoms with Gasteiger partial charge in [-0.3, -0.25) is 9.10 Å². The number of benzene rings is 1.